The van der Waals surface area contributed by atoms with E-state index in [1.165, 1.54) is 0 Å². The fraction of sp³-hybridized carbons (Fsp3) is 0.250. The fourth-order valence-electron chi connectivity index (χ4n) is 2.80. The Morgan fingerprint density at radius 3 is 2.62 bits per heavy atom. The van der Waals surface area contributed by atoms with E-state index in [-0.39, 0.29) is 5.95 Å². The SMILES string of the molecule is O=Nc1nc2nc(-c3ccc(N4CCOCC4)cc3)c(Cl)cc2[nH]1. The van der Waals surface area contributed by atoms with Gasteiger partial charge in [0.2, 0.25) is 0 Å². The van der Waals surface area contributed by atoms with Crippen LogP contribution in [0.1, 0.15) is 0 Å². The summed E-state index contributed by atoms with van der Waals surface area (Å²) in [6.45, 7) is 3.27. The summed E-state index contributed by atoms with van der Waals surface area (Å²) in [5, 5.41) is 3.28. The van der Waals surface area contributed by atoms with Crippen LogP contribution >= 0.6 is 11.6 Å². The first kappa shape index (κ1) is 15.0. The molecule has 0 aliphatic carbocycles. The van der Waals surface area contributed by atoms with Crippen LogP contribution in [0, 0.1) is 4.91 Å². The first-order valence-electron chi connectivity index (χ1n) is 7.57. The zero-order valence-corrected chi connectivity index (χ0v) is 13.5. The van der Waals surface area contributed by atoms with Gasteiger partial charge in [-0.1, -0.05) is 23.7 Å². The first-order valence-corrected chi connectivity index (χ1v) is 7.95. The highest BCUT2D eigenvalue weighted by molar-refractivity contribution is 6.33. The van der Waals surface area contributed by atoms with Crippen molar-refractivity contribution in [1.82, 2.24) is 15.0 Å². The number of hydrogen-bond donors (Lipinski definition) is 1. The monoisotopic (exact) mass is 343 g/mol. The second-order valence-electron chi connectivity index (χ2n) is 5.49. The predicted molar refractivity (Wildman–Crippen MR) is 92.8 cm³/mol. The van der Waals surface area contributed by atoms with Gasteiger partial charge >= 0.3 is 0 Å². The molecule has 122 valence electrons. The molecule has 1 fully saturated rings. The number of aromatic nitrogens is 3. The minimum atomic E-state index is -0.00613. The number of aromatic amines is 1. The van der Waals surface area contributed by atoms with E-state index in [9.17, 15) is 4.91 Å². The minimum absolute atomic E-state index is 0.00613. The highest BCUT2D eigenvalue weighted by Gasteiger charge is 2.14. The number of pyridine rings is 1. The van der Waals surface area contributed by atoms with Crippen molar-refractivity contribution in [3.05, 3.63) is 40.3 Å². The number of rotatable bonds is 3. The number of H-pyrrole nitrogens is 1. The van der Waals surface area contributed by atoms with Gasteiger partial charge in [0.1, 0.15) is 0 Å². The predicted octanol–water partition coefficient (Wildman–Crippen LogP) is 3.51. The third-order valence-corrected chi connectivity index (χ3v) is 4.31. The first-order chi connectivity index (χ1) is 11.7. The molecule has 1 N–H and O–H groups in total. The smallest absolute Gasteiger partial charge is 0.271 e. The van der Waals surface area contributed by atoms with Gasteiger partial charge in [-0.2, -0.15) is 4.98 Å². The van der Waals surface area contributed by atoms with Gasteiger partial charge in [-0.05, 0) is 18.2 Å². The van der Waals surface area contributed by atoms with E-state index in [0.717, 1.165) is 37.6 Å². The molecular weight excluding hydrogens is 330 g/mol. The van der Waals surface area contributed by atoms with Gasteiger partial charge < -0.3 is 14.6 Å². The topological polar surface area (TPSA) is 83.5 Å². The van der Waals surface area contributed by atoms with E-state index in [0.29, 0.717) is 21.9 Å². The molecule has 0 amide bonds. The average molecular weight is 344 g/mol. The second kappa shape index (κ2) is 6.18. The van der Waals surface area contributed by atoms with Crippen LogP contribution in [0.15, 0.2) is 35.5 Å². The molecule has 7 nitrogen and oxygen atoms in total. The zero-order valence-electron chi connectivity index (χ0n) is 12.7. The van der Waals surface area contributed by atoms with E-state index in [1.807, 2.05) is 24.3 Å². The number of ether oxygens (including phenoxy) is 1. The molecule has 8 heteroatoms. The molecule has 0 atom stereocenters. The van der Waals surface area contributed by atoms with Crippen LogP contribution < -0.4 is 4.90 Å². The van der Waals surface area contributed by atoms with Gasteiger partial charge in [-0.3, -0.25) is 0 Å². The summed E-state index contributed by atoms with van der Waals surface area (Å²) in [5.41, 5.74) is 3.67. The number of imidazole rings is 1. The van der Waals surface area contributed by atoms with E-state index < -0.39 is 0 Å². The summed E-state index contributed by atoms with van der Waals surface area (Å²) in [7, 11) is 0. The Hall–Kier alpha value is -2.51. The molecule has 4 rings (SSSR count). The van der Waals surface area contributed by atoms with Gasteiger partial charge in [-0.25, -0.2) is 4.98 Å². The lowest BCUT2D eigenvalue weighted by Crippen LogP contribution is -2.36. The Balaban J connectivity index is 1.68. The molecule has 1 saturated heterocycles. The van der Waals surface area contributed by atoms with E-state index in [4.69, 9.17) is 16.3 Å². The van der Waals surface area contributed by atoms with Gasteiger partial charge in [0.15, 0.2) is 5.65 Å². The molecule has 1 aliphatic rings. The molecule has 0 spiro atoms. The summed E-state index contributed by atoms with van der Waals surface area (Å²) in [4.78, 5) is 24.1. The molecular formula is C16H14ClN5O2. The average Bonchev–Trinajstić information content (AvgIpc) is 3.04. The van der Waals surface area contributed by atoms with Crippen molar-refractivity contribution >= 4 is 34.4 Å². The van der Waals surface area contributed by atoms with Crippen molar-refractivity contribution in [2.45, 2.75) is 0 Å². The molecule has 1 aromatic carbocycles. The number of hydrogen-bond acceptors (Lipinski definition) is 6. The Kier molecular flexibility index (Phi) is 3.87. The normalized spacial score (nSPS) is 15.0. The standard InChI is InChI=1S/C16H14ClN5O2/c17-12-9-13-15(20-16(18-13)21-23)19-14(12)10-1-3-11(4-2-10)22-5-7-24-8-6-22/h1-4,9H,5-8H2,(H,18,19,20). The van der Waals surface area contributed by atoms with Gasteiger partial charge in [0.25, 0.3) is 5.95 Å². The molecule has 0 radical (unpaired) electrons. The number of nitrogens with one attached hydrogen (secondary N) is 1. The number of halogens is 1. The lowest BCUT2D eigenvalue weighted by Gasteiger charge is -2.28. The van der Waals surface area contributed by atoms with Crippen LogP contribution in [0.25, 0.3) is 22.4 Å². The Morgan fingerprint density at radius 2 is 1.92 bits per heavy atom. The number of anilines is 1. The summed E-state index contributed by atoms with van der Waals surface area (Å²) in [5.74, 6) is -0.00613. The maximum absolute atomic E-state index is 10.6. The number of morpholine rings is 1. The molecule has 2 aromatic heterocycles. The maximum Gasteiger partial charge on any atom is 0.271 e. The lowest BCUT2D eigenvalue weighted by atomic mass is 10.1. The van der Waals surface area contributed by atoms with Gasteiger partial charge in [-0.15, -0.1) is 4.91 Å². The van der Waals surface area contributed by atoms with Crippen LogP contribution in [-0.2, 0) is 4.74 Å². The summed E-state index contributed by atoms with van der Waals surface area (Å²) < 4.78 is 5.37. The van der Waals surface area contributed by atoms with Crippen LogP contribution in [-0.4, -0.2) is 41.3 Å². The molecule has 0 bridgehead atoms. The lowest BCUT2D eigenvalue weighted by molar-refractivity contribution is 0.122. The number of benzene rings is 1. The fourth-order valence-corrected chi connectivity index (χ4v) is 3.06. The highest BCUT2D eigenvalue weighted by atomic mass is 35.5. The Bertz CT molecular complexity index is 887. The van der Waals surface area contributed by atoms with Crippen LogP contribution in [0.5, 0.6) is 0 Å². The molecule has 3 aromatic rings. The van der Waals surface area contributed by atoms with E-state index >= 15 is 0 Å². The third kappa shape index (κ3) is 2.72. The van der Waals surface area contributed by atoms with E-state index in [2.05, 4.69) is 25.0 Å². The van der Waals surface area contributed by atoms with Crippen molar-refractivity contribution < 1.29 is 4.74 Å². The van der Waals surface area contributed by atoms with Crippen LogP contribution in [0.4, 0.5) is 11.6 Å². The molecule has 24 heavy (non-hydrogen) atoms. The van der Waals surface area contributed by atoms with E-state index in [1.54, 1.807) is 6.07 Å². The van der Waals surface area contributed by atoms with Gasteiger partial charge in [0, 0.05) is 29.5 Å². The van der Waals surface area contributed by atoms with Crippen molar-refractivity contribution in [3.63, 3.8) is 0 Å². The highest BCUT2D eigenvalue weighted by Crippen LogP contribution is 2.30. The Morgan fingerprint density at radius 1 is 1.17 bits per heavy atom. The van der Waals surface area contributed by atoms with Crippen molar-refractivity contribution in [2.24, 2.45) is 5.18 Å². The summed E-state index contributed by atoms with van der Waals surface area (Å²) in [6, 6.07) is 9.77. The quantitative estimate of drug-likeness (QED) is 0.736. The number of fused-ring (bicyclic) bond motifs is 1. The Labute approximate surface area is 142 Å². The minimum Gasteiger partial charge on any atom is -0.378 e. The second-order valence-corrected chi connectivity index (χ2v) is 5.90. The van der Waals surface area contributed by atoms with Crippen molar-refractivity contribution in [2.75, 3.05) is 31.2 Å². The van der Waals surface area contributed by atoms with Crippen LogP contribution in [0.2, 0.25) is 5.02 Å². The maximum atomic E-state index is 10.6. The third-order valence-electron chi connectivity index (χ3n) is 4.02. The van der Waals surface area contributed by atoms with Crippen molar-refractivity contribution in [1.29, 1.82) is 0 Å². The molecule has 0 saturated carbocycles. The van der Waals surface area contributed by atoms with Crippen molar-refractivity contribution in [3.8, 4) is 11.3 Å². The largest absolute Gasteiger partial charge is 0.378 e. The zero-order chi connectivity index (χ0) is 16.5. The van der Waals surface area contributed by atoms with Gasteiger partial charge in [0.05, 0.1) is 29.4 Å². The summed E-state index contributed by atoms with van der Waals surface area (Å²) >= 11 is 6.33. The van der Waals surface area contributed by atoms with Crippen LogP contribution in [0.3, 0.4) is 0 Å². The number of nitroso groups, excluding NO2 is 1. The number of nitrogens with zero attached hydrogens (tertiary/aromatic N) is 4. The molecule has 0 unspecified atom stereocenters. The molecule has 3 heterocycles. The molecule has 1 aliphatic heterocycles. The summed E-state index contributed by atoms with van der Waals surface area (Å²) in [6.07, 6.45) is 0.